The summed E-state index contributed by atoms with van der Waals surface area (Å²) in [5.41, 5.74) is 0.321. The van der Waals surface area contributed by atoms with Crippen molar-refractivity contribution < 1.29 is 14.7 Å². The molecule has 0 radical (unpaired) electrons. The molecule has 0 aliphatic carbocycles. The van der Waals surface area contributed by atoms with E-state index in [1.807, 2.05) is 13.2 Å². The third-order valence-corrected chi connectivity index (χ3v) is 3.73. The van der Waals surface area contributed by atoms with Crippen LogP contribution in [0.4, 0.5) is 10.5 Å². The Morgan fingerprint density at radius 1 is 1.45 bits per heavy atom. The standard InChI is InChI=1S/C13H17BrN2O3S/c1-8(5-6-20-2)15-13(19)16-11-7-9(14)3-4-10(11)12(17)18/h3-4,7-8H,5-6H2,1-2H3,(H,17,18)(H2,15,16,19). The number of rotatable bonds is 6. The molecule has 0 fully saturated rings. The van der Waals surface area contributed by atoms with E-state index >= 15 is 0 Å². The number of carbonyl (C=O) groups excluding carboxylic acids is 1. The van der Waals surface area contributed by atoms with Gasteiger partial charge in [-0.1, -0.05) is 15.9 Å². The molecule has 0 bridgehead atoms. The molecule has 1 aromatic rings. The number of urea groups is 1. The monoisotopic (exact) mass is 360 g/mol. The Morgan fingerprint density at radius 2 is 2.15 bits per heavy atom. The Hall–Kier alpha value is -1.21. The van der Waals surface area contributed by atoms with E-state index in [1.54, 1.807) is 23.9 Å². The zero-order valence-electron chi connectivity index (χ0n) is 11.3. The molecule has 0 aliphatic rings. The van der Waals surface area contributed by atoms with Gasteiger partial charge in [-0.15, -0.1) is 0 Å². The highest BCUT2D eigenvalue weighted by atomic mass is 79.9. The summed E-state index contributed by atoms with van der Waals surface area (Å²) in [5.74, 6) is -0.123. The SMILES string of the molecule is CSCCC(C)NC(=O)Nc1cc(Br)ccc1C(=O)O. The molecule has 0 aliphatic heterocycles. The zero-order chi connectivity index (χ0) is 15.1. The van der Waals surface area contributed by atoms with Crippen molar-refractivity contribution in [2.24, 2.45) is 0 Å². The van der Waals surface area contributed by atoms with E-state index in [-0.39, 0.29) is 17.3 Å². The topological polar surface area (TPSA) is 78.4 Å². The number of hydrogen-bond donors (Lipinski definition) is 3. The number of carbonyl (C=O) groups is 2. The number of nitrogens with one attached hydrogen (secondary N) is 2. The van der Waals surface area contributed by atoms with Crippen molar-refractivity contribution in [2.45, 2.75) is 19.4 Å². The molecule has 110 valence electrons. The van der Waals surface area contributed by atoms with Gasteiger partial charge >= 0.3 is 12.0 Å². The van der Waals surface area contributed by atoms with E-state index in [4.69, 9.17) is 5.11 Å². The van der Waals surface area contributed by atoms with Crippen molar-refractivity contribution >= 4 is 45.4 Å². The first-order valence-corrected chi connectivity index (χ1v) is 8.22. The molecule has 7 heteroatoms. The molecular weight excluding hydrogens is 344 g/mol. The van der Waals surface area contributed by atoms with Gasteiger partial charge in [0.2, 0.25) is 0 Å². The zero-order valence-corrected chi connectivity index (χ0v) is 13.7. The minimum absolute atomic E-state index is 0.0304. The summed E-state index contributed by atoms with van der Waals surface area (Å²) in [6, 6.07) is 4.25. The lowest BCUT2D eigenvalue weighted by atomic mass is 10.2. The Kier molecular flexibility index (Phi) is 6.87. The van der Waals surface area contributed by atoms with Crippen LogP contribution in [-0.2, 0) is 0 Å². The lowest BCUT2D eigenvalue weighted by Gasteiger charge is -2.15. The Bertz CT molecular complexity index is 497. The number of thioether (sulfide) groups is 1. The van der Waals surface area contributed by atoms with Gasteiger partial charge in [0.1, 0.15) is 0 Å². The highest BCUT2D eigenvalue weighted by molar-refractivity contribution is 9.10. The summed E-state index contributed by atoms with van der Waals surface area (Å²) < 4.78 is 0.702. The first-order valence-electron chi connectivity index (χ1n) is 6.03. The molecule has 1 rings (SSSR count). The van der Waals surface area contributed by atoms with Crippen molar-refractivity contribution in [1.82, 2.24) is 5.32 Å². The van der Waals surface area contributed by atoms with Crippen LogP contribution < -0.4 is 10.6 Å². The maximum Gasteiger partial charge on any atom is 0.337 e. The lowest BCUT2D eigenvalue weighted by molar-refractivity contribution is 0.0698. The predicted octanol–water partition coefficient (Wildman–Crippen LogP) is 3.41. The first-order chi connectivity index (χ1) is 9.43. The Balaban J connectivity index is 2.70. The maximum absolute atomic E-state index is 11.8. The van der Waals surface area contributed by atoms with Crippen molar-refractivity contribution in [2.75, 3.05) is 17.3 Å². The van der Waals surface area contributed by atoms with Gasteiger partial charge in [-0.3, -0.25) is 0 Å². The van der Waals surface area contributed by atoms with E-state index in [1.165, 1.54) is 6.07 Å². The second kappa shape index (κ2) is 8.16. The van der Waals surface area contributed by atoms with Crippen LogP contribution in [0.2, 0.25) is 0 Å². The first kappa shape index (κ1) is 16.8. The van der Waals surface area contributed by atoms with E-state index in [2.05, 4.69) is 26.6 Å². The quantitative estimate of drug-likeness (QED) is 0.726. The van der Waals surface area contributed by atoms with E-state index in [0.29, 0.717) is 4.47 Å². The average Bonchev–Trinajstić information content (AvgIpc) is 2.35. The summed E-state index contributed by atoms with van der Waals surface area (Å²) in [4.78, 5) is 22.9. The third-order valence-electron chi connectivity index (χ3n) is 2.59. The van der Waals surface area contributed by atoms with Crippen LogP contribution in [0.3, 0.4) is 0 Å². The van der Waals surface area contributed by atoms with Crippen LogP contribution in [0, 0.1) is 0 Å². The minimum Gasteiger partial charge on any atom is -0.478 e. The fourth-order valence-corrected chi connectivity index (χ4v) is 2.51. The minimum atomic E-state index is -1.08. The molecule has 2 amide bonds. The normalized spacial score (nSPS) is 11.8. The number of carboxylic acids is 1. The van der Waals surface area contributed by atoms with Gasteiger partial charge in [0.15, 0.2) is 0 Å². The van der Waals surface area contributed by atoms with Crippen LogP contribution in [0.1, 0.15) is 23.7 Å². The molecule has 20 heavy (non-hydrogen) atoms. The maximum atomic E-state index is 11.8. The lowest BCUT2D eigenvalue weighted by Crippen LogP contribution is -2.36. The third kappa shape index (κ3) is 5.42. The van der Waals surface area contributed by atoms with E-state index < -0.39 is 12.0 Å². The number of benzene rings is 1. The summed E-state index contributed by atoms with van der Waals surface area (Å²) in [5, 5.41) is 14.4. The number of halogens is 1. The highest BCUT2D eigenvalue weighted by Crippen LogP contribution is 2.21. The van der Waals surface area contributed by atoms with Gasteiger partial charge in [-0.05, 0) is 43.6 Å². The summed E-state index contributed by atoms with van der Waals surface area (Å²) in [6.07, 6.45) is 2.87. The molecule has 1 unspecified atom stereocenters. The second-order valence-corrected chi connectivity index (χ2v) is 6.18. The molecule has 0 saturated heterocycles. The summed E-state index contributed by atoms with van der Waals surface area (Å²) in [6.45, 7) is 1.91. The van der Waals surface area contributed by atoms with Gasteiger partial charge in [-0.25, -0.2) is 9.59 Å². The predicted molar refractivity (Wildman–Crippen MR) is 85.7 cm³/mol. The fourth-order valence-electron chi connectivity index (χ4n) is 1.56. The van der Waals surface area contributed by atoms with Crippen LogP contribution in [0.25, 0.3) is 0 Å². The molecule has 3 N–H and O–H groups in total. The summed E-state index contributed by atoms with van der Waals surface area (Å²) in [7, 11) is 0. The molecule has 5 nitrogen and oxygen atoms in total. The molecular formula is C13H17BrN2O3S. The van der Waals surface area contributed by atoms with Crippen LogP contribution >= 0.6 is 27.7 Å². The van der Waals surface area contributed by atoms with Gasteiger partial charge in [0, 0.05) is 10.5 Å². The van der Waals surface area contributed by atoms with Gasteiger partial charge in [-0.2, -0.15) is 11.8 Å². The molecule has 0 aromatic heterocycles. The average molecular weight is 361 g/mol. The number of aromatic carboxylic acids is 1. The Labute approximate surface area is 130 Å². The molecule has 1 atom stereocenters. The van der Waals surface area contributed by atoms with Crippen molar-refractivity contribution in [3.63, 3.8) is 0 Å². The second-order valence-electron chi connectivity index (χ2n) is 4.28. The van der Waals surface area contributed by atoms with Crippen molar-refractivity contribution in [1.29, 1.82) is 0 Å². The largest absolute Gasteiger partial charge is 0.478 e. The Morgan fingerprint density at radius 3 is 2.75 bits per heavy atom. The number of amides is 2. The number of carboxylic acid groups (broad SMARTS) is 1. The van der Waals surface area contributed by atoms with Gasteiger partial charge in [0.05, 0.1) is 11.3 Å². The number of anilines is 1. The fraction of sp³-hybridized carbons (Fsp3) is 0.385. The van der Waals surface area contributed by atoms with E-state index in [0.717, 1.165) is 12.2 Å². The molecule has 1 aromatic carbocycles. The van der Waals surface area contributed by atoms with Crippen LogP contribution in [-0.4, -0.2) is 35.2 Å². The van der Waals surface area contributed by atoms with Crippen LogP contribution in [0.15, 0.2) is 22.7 Å². The molecule has 0 spiro atoms. The summed E-state index contributed by atoms with van der Waals surface area (Å²) >= 11 is 4.97. The van der Waals surface area contributed by atoms with Crippen molar-refractivity contribution in [3.8, 4) is 0 Å². The number of hydrogen-bond acceptors (Lipinski definition) is 3. The smallest absolute Gasteiger partial charge is 0.337 e. The van der Waals surface area contributed by atoms with Gasteiger partial charge in [0.25, 0.3) is 0 Å². The van der Waals surface area contributed by atoms with E-state index in [9.17, 15) is 9.59 Å². The molecule has 0 saturated carbocycles. The van der Waals surface area contributed by atoms with Crippen molar-refractivity contribution in [3.05, 3.63) is 28.2 Å². The van der Waals surface area contributed by atoms with Crippen LogP contribution in [0.5, 0.6) is 0 Å². The van der Waals surface area contributed by atoms with Gasteiger partial charge < -0.3 is 15.7 Å². The molecule has 0 heterocycles. The highest BCUT2D eigenvalue weighted by Gasteiger charge is 2.14.